The molecule has 21 heavy (non-hydrogen) atoms. The quantitative estimate of drug-likeness (QED) is 0.873. The lowest BCUT2D eigenvalue weighted by Crippen LogP contribution is -2.34. The number of methoxy groups -OCH3 is 2. The first-order valence-corrected chi connectivity index (χ1v) is 7.74. The summed E-state index contributed by atoms with van der Waals surface area (Å²) in [7, 11) is 5.58. The van der Waals surface area contributed by atoms with Crippen LogP contribution >= 0.6 is 0 Å². The summed E-state index contributed by atoms with van der Waals surface area (Å²) < 4.78 is 10.8. The first kappa shape index (κ1) is 16.1. The van der Waals surface area contributed by atoms with E-state index >= 15 is 0 Å². The zero-order chi connectivity index (χ0) is 15.2. The summed E-state index contributed by atoms with van der Waals surface area (Å²) in [4.78, 5) is 2.42. The van der Waals surface area contributed by atoms with Crippen LogP contribution in [0.5, 0.6) is 11.5 Å². The number of benzene rings is 1. The number of piperidine rings is 1. The van der Waals surface area contributed by atoms with Gasteiger partial charge in [0, 0.05) is 13.1 Å². The minimum Gasteiger partial charge on any atom is -0.493 e. The Balaban J connectivity index is 2.00. The molecule has 2 rings (SSSR count). The van der Waals surface area contributed by atoms with Crippen LogP contribution in [0.4, 0.5) is 0 Å². The number of aryl methyl sites for hydroxylation is 1. The van der Waals surface area contributed by atoms with Gasteiger partial charge >= 0.3 is 0 Å². The molecular weight excluding hydrogens is 264 g/mol. The molecule has 0 radical (unpaired) electrons. The first-order chi connectivity index (χ1) is 10.1. The van der Waals surface area contributed by atoms with E-state index in [1.165, 1.54) is 24.0 Å². The number of nitrogens with zero attached hydrogens (tertiary/aromatic N) is 1. The number of nitrogens with one attached hydrogen (secondary N) is 1. The Kier molecular flexibility index (Phi) is 5.88. The van der Waals surface area contributed by atoms with Gasteiger partial charge in [-0.15, -0.1) is 0 Å². The number of hydrogen-bond donors (Lipinski definition) is 1. The maximum atomic E-state index is 5.41. The Morgan fingerprint density at radius 3 is 2.38 bits per heavy atom. The second-order valence-electron chi connectivity index (χ2n) is 6.02. The van der Waals surface area contributed by atoms with Crippen LogP contribution in [-0.4, -0.2) is 45.8 Å². The number of rotatable bonds is 6. The van der Waals surface area contributed by atoms with Crippen LogP contribution in [0.25, 0.3) is 0 Å². The van der Waals surface area contributed by atoms with E-state index in [2.05, 4.69) is 36.3 Å². The highest BCUT2D eigenvalue weighted by Crippen LogP contribution is 2.30. The molecular formula is C17H28N2O2. The van der Waals surface area contributed by atoms with E-state index in [0.29, 0.717) is 0 Å². The van der Waals surface area contributed by atoms with Crippen molar-refractivity contribution in [3.05, 3.63) is 23.3 Å². The molecule has 1 aliphatic heterocycles. The SMILES string of the molecule is COc1cc(C)c(CN(C)CC2CCNCC2)cc1OC. The minimum atomic E-state index is 0.805. The summed E-state index contributed by atoms with van der Waals surface area (Å²) in [6.07, 6.45) is 2.57. The third kappa shape index (κ3) is 4.35. The highest BCUT2D eigenvalue weighted by atomic mass is 16.5. The Morgan fingerprint density at radius 2 is 1.76 bits per heavy atom. The topological polar surface area (TPSA) is 33.7 Å². The average Bonchev–Trinajstić information content (AvgIpc) is 2.49. The monoisotopic (exact) mass is 292 g/mol. The molecule has 1 aromatic carbocycles. The number of hydrogen-bond acceptors (Lipinski definition) is 4. The predicted molar refractivity (Wildman–Crippen MR) is 86.2 cm³/mol. The molecule has 4 nitrogen and oxygen atoms in total. The van der Waals surface area contributed by atoms with E-state index < -0.39 is 0 Å². The van der Waals surface area contributed by atoms with Gasteiger partial charge in [0.25, 0.3) is 0 Å². The van der Waals surface area contributed by atoms with Gasteiger partial charge in [-0.2, -0.15) is 0 Å². The molecule has 0 bridgehead atoms. The van der Waals surface area contributed by atoms with E-state index in [-0.39, 0.29) is 0 Å². The van der Waals surface area contributed by atoms with Crippen LogP contribution in [-0.2, 0) is 6.54 Å². The van der Waals surface area contributed by atoms with Gasteiger partial charge in [-0.3, -0.25) is 0 Å². The lowest BCUT2D eigenvalue weighted by molar-refractivity contribution is 0.234. The van der Waals surface area contributed by atoms with Crippen molar-refractivity contribution in [3.8, 4) is 11.5 Å². The third-order valence-corrected chi connectivity index (χ3v) is 4.31. The summed E-state index contributed by atoms with van der Waals surface area (Å²) in [5.74, 6) is 2.44. The zero-order valence-electron chi connectivity index (χ0n) is 13.7. The molecule has 1 aliphatic rings. The zero-order valence-corrected chi connectivity index (χ0v) is 13.7. The largest absolute Gasteiger partial charge is 0.493 e. The fourth-order valence-electron chi connectivity index (χ4n) is 3.05. The Labute approximate surface area is 128 Å². The van der Waals surface area contributed by atoms with Gasteiger partial charge in [0.15, 0.2) is 11.5 Å². The van der Waals surface area contributed by atoms with Crippen LogP contribution in [0.1, 0.15) is 24.0 Å². The van der Waals surface area contributed by atoms with Gasteiger partial charge < -0.3 is 19.7 Å². The third-order valence-electron chi connectivity index (χ3n) is 4.31. The minimum absolute atomic E-state index is 0.805. The van der Waals surface area contributed by atoms with Gasteiger partial charge in [-0.05, 0) is 69.1 Å². The lowest BCUT2D eigenvalue weighted by atomic mass is 9.97. The van der Waals surface area contributed by atoms with Crippen LogP contribution in [0.2, 0.25) is 0 Å². The first-order valence-electron chi connectivity index (χ1n) is 7.74. The Morgan fingerprint density at radius 1 is 1.14 bits per heavy atom. The maximum absolute atomic E-state index is 5.41. The molecule has 1 aromatic rings. The molecule has 0 aromatic heterocycles. The van der Waals surface area contributed by atoms with Crippen molar-refractivity contribution in [2.75, 3.05) is 40.9 Å². The van der Waals surface area contributed by atoms with Gasteiger partial charge in [0.1, 0.15) is 0 Å². The molecule has 1 heterocycles. The van der Waals surface area contributed by atoms with Crippen molar-refractivity contribution in [3.63, 3.8) is 0 Å². The standard InChI is InChI=1S/C17H28N2O2/c1-13-9-16(20-3)17(21-4)10-15(13)12-19(2)11-14-5-7-18-8-6-14/h9-10,14,18H,5-8,11-12H2,1-4H3. The van der Waals surface area contributed by atoms with E-state index in [0.717, 1.165) is 43.6 Å². The van der Waals surface area contributed by atoms with Gasteiger partial charge in [-0.1, -0.05) is 0 Å². The van der Waals surface area contributed by atoms with E-state index in [9.17, 15) is 0 Å². The summed E-state index contributed by atoms with van der Waals surface area (Å²) in [5.41, 5.74) is 2.56. The second kappa shape index (κ2) is 7.66. The highest BCUT2D eigenvalue weighted by Gasteiger charge is 2.16. The molecule has 1 fully saturated rings. The fraction of sp³-hybridized carbons (Fsp3) is 0.647. The highest BCUT2D eigenvalue weighted by molar-refractivity contribution is 5.47. The molecule has 4 heteroatoms. The van der Waals surface area contributed by atoms with E-state index in [1.807, 2.05) is 0 Å². The van der Waals surface area contributed by atoms with Crippen LogP contribution < -0.4 is 14.8 Å². The van der Waals surface area contributed by atoms with Crippen molar-refractivity contribution in [1.82, 2.24) is 10.2 Å². The fourth-order valence-corrected chi connectivity index (χ4v) is 3.05. The van der Waals surface area contributed by atoms with Crippen LogP contribution in [0.15, 0.2) is 12.1 Å². The maximum Gasteiger partial charge on any atom is 0.161 e. The summed E-state index contributed by atoms with van der Waals surface area (Å²) >= 11 is 0. The van der Waals surface area contributed by atoms with Crippen LogP contribution in [0, 0.1) is 12.8 Å². The molecule has 0 aliphatic carbocycles. The predicted octanol–water partition coefficient (Wildman–Crippen LogP) is 2.44. The van der Waals surface area contributed by atoms with Crippen molar-refractivity contribution in [2.45, 2.75) is 26.3 Å². The molecule has 1 N–H and O–H groups in total. The normalized spacial score (nSPS) is 16.2. The average molecular weight is 292 g/mol. The Bertz CT molecular complexity index is 456. The molecule has 118 valence electrons. The van der Waals surface area contributed by atoms with Gasteiger partial charge in [0.05, 0.1) is 14.2 Å². The van der Waals surface area contributed by atoms with Crippen LogP contribution in [0.3, 0.4) is 0 Å². The lowest BCUT2D eigenvalue weighted by Gasteiger charge is -2.28. The molecule has 0 amide bonds. The Hall–Kier alpha value is -1.26. The van der Waals surface area contributed by atoms with E-state index in [4.69, 9.17) is 9.47 Å². The summed E-state index contributed by atoms with van der Waals surface area (Å²) in [5, 5.41) is 3.43. The number of ether oxygens (including phenoxy) is 2. The summed E-state index contributed by atoms with van der Waals surface area (Å²) in [6.45, 7) is 6.57. The molecule has 0 unspecified atom stereocenters. The van der Waals surface area contributed by atoms with E-state index in [1.54, 1.807) is 14.2 Å². The molecule has 1 saturated heterocycles. The van der Waals surface area contributed by atoms with Gasteiger partial charge in [0.2, 0.25) is 0 Å². The second-order valence-corrected chi connectivity index (χ2v) is 6.02. The molecule has 0 saturated carbocycles. The summed E-state index contributed by atoms with van der Waals surface area (Å²) in [6, 6.07) is 4.17. The molecule has 0 atom stereocenters. The molecule has 0 spiro atoms. The smallest absolute Gasteiger partial charge is 0.161 e. The van der Waals surface area contributed by atoms with Crippen molar-refractivity contribution >= 4 is 0 Å². The van der Waals surface area contributed by atoms with Crippen molar-refractivity contribution in [1.29, 1.82) is 0 Å². The van der Waals surface area contributed by atoms with Gasteiger partial charge in [-0.25, -0.2) is 0 Å². The van der Waals surface area contributed by atoms with Crippen molar-refractivity contribution in [2.24, 2.45) is 5.92 Å². The van der Waals surface area contributed by atoms with Crippen molar-refractivity contribution < 1.29 is 9.47 Å².